The SMILES string of the molecule is COc1ccc(-c2c(C)sc3nc(Cl)nc(N4CC(C)OC(C)C4)c23)cc1OC. The number of thiophene rings is 1. The molecule has 3 heterocycles. The van der Waals surface area contributed by atoms with Crippen molar-refractivity contribution in [2.45, 2.75) is 33.0 Å². The Bertz CT molecular complexity index is 1050. The van der Waals surface area contributed by atoms with Crippen molar-refractivity contribution in [1.82, 2.24) is 9.97 Å². The van der Waals surface area contributed by atoms with Crippen LogP contribution in [0.25, 0.3) is 21.3 Å². The maximum Gasteiger partial charge on any atom is 0.225 e. The number of rotatable bonds is 4. The van der Waals surface area contributed by atoms with Crippen LogP contribution in [0.4, 0.5) is 5.82 Å². The second-order valence-corrected chi connectivity index (χ2v) is 8.80. The summed E-state index contributed by atoms with van der Waals surface area (Å²) in [5, 5.41) is 1.28. The van der Waals surface area contributed by atoms with Crippen LogP contribution in [0, 0.1) is 6.92 Å². The number of methoxy groups -OCH3 is 2. The molecule has 0 radical (unpaired) electrons. The van der Waals surface area contributed by atoms with Gasteiger partial charge in [0, 0.05) is 23.5 Å². The summed E-state index contributed by atoms with van der Waals surface area (Å²) < 4.78 is 16.8. The van der Waals surface area contributed by atoms with Crippen molar-refractivity contribution in [2.75, 3.05) is 32.2 Å². The molecular formula is C21H24ClN3O3S. The van der Waals surface area contributed by atoms with Gasteiger partial charge in [-0.05, 0) is 50.1 Å². The Morgan fingerprint density at radius 3 is 2.45 bits per heavy atom. The number of benzene rings is 1. The molecule has 1 aromatic carbocycles. The highest BCUT2D eigenvalue weighted by molar-refractivity contribution is 7.19. The zero-order valence-corrected chi connectivity index (χ0v) is 18.7. The predicted molar refractivity (Wildman–Crippen MR) is 118 cm³/mol. The predicted octanol–water partition coefficient (Wildman–Crippen LogP) is 4.95. The van der Waals surface area contributed by atoms with E-state index in [1.807, 2.05) is 18.2 Å². The van der Waals surface area contributed by atoms with Gasteiger partial charge in [0.2, 0.25) is 5.28 Å². The molecule has 0 saturated carbocycles. The van der Waals surface area contributed by atoms with Gasteiger partial charge in [-0.25, -0.2) is 4.98 Å². The fourth-order valence-corrected chi connectivity index (χ4v) is 5.24. The lowest BCUT2D eigenvalue weighted by Gasteiger charge is -2.36. The molecule has 8 heteroatoms. The first kappa shape index (κ1) is 20.2. The van der Waals surface area contributed by atoms with Crippen molar-refractivity contribution in [1.29, 1.82) is 0 Å². The molecule has 2 unspecified atom stereocenters. The van der Waals surface area contributed by atoms with Gasteiger partial charge in [-0.15, -0.1) is 11.3 Å². The number of nitrogens with zero attached hydrogens (tertiary/aromatic N) is 3. The summed E-state index contributed by atoms with van der Waals surface area (Å²) in [6.07, 6.45) is 0.235. The summed E-state index contributed by atoms with van der Waals surface area (Å²) in [4.78, 5) is 13.4. The van der Waals surface area contributed by atoms with Crippen LogP contribution in [0.3, 0.4) is 0 Å². The highest BCUT2D eigenvalue weighted by Crippen LogP contribution is 2.44. The third-order valence-corrected chi connectivity index (χ3v) is 6.24. The Balaban J connectivity index is 1.93. The molecule has 2 atom stereocenters. The van der Waals surface area contributed by atoms with Crippen LogP contribution in [-0.2, 0) is 4.74 Å². The Labute approximate surface area is 179 Å². The monoisotopic (exact) mass is 433 g/mol. The van der Waals surface area contributed by atoms with E-state index in [1.165, 1.54) is 0 Å². The lowest BCUT2D eigenvalue weighted by molar-refractivity contribution is -0.00537. The maximum absolute atomic E-state index is 6.30. The molecular weight excluding hydrogens is 410 g/mol. The summed E-state index contributed by atoms with van der Waals surface area (Å²) in [6.45, 7) is 7.77. The minimum absolute atomic E-state index is 0.117. The number of anilines is 1. The molecule has 1 fully saturated rings. The van der Waals surface area contributed by atoms with Gasteiger partial charge in [-0.2, -0.15) is 4.98 Å². The Hall–Kier alpha value is -2.09. The number of ether oxygens (including phenoxy) is 3. The van der Waals surface area contributed by atoms with Crippen LogP contribution in [-0.4, -0.2) is 49.5 Å². The number of aromatic nitrogens is 2. The van der Waals surface area contributed by atoms with Crippen LogP contribution in [0.2, 0.25) is 5.28 Å². The first-order valence-electron chi connectivity index (χ1n) is 9.50. The minimum Gasteiger partial charge on any atom is -0.493 e. The molecule has 0 N–H and O–H groups in total. The zero-order valence-electron chi connectivity index (χ0n) is 17.2. The average Bonchev–Trinajstić information content (AvgIpc) is 3.01. The van der Waals surface area contributed by atoms with Crippen LogP contribution in [0.15, 0.2) is 18.2 Å². The maximum atomic E-state index is 6.30. The number of hydrogen-bond acceptors (Lipinski definition) is 7. The molecule has 154 valence electrons. The topological polar surface area (TPSA) is 56.7 Å². The first-order valence-corrected chi connectivity index (χ1v) is 10.7. The van der Waals surface area contributed by atoms with Crippen LogP contribution < -0.4 is 14.4 Å². The lowest BCUT2D eigenvalue weighted by atomic mass is 10.0. The Morgan fingerprint density at radius 2 is 1.79 bits per heavy atom. The van der Waals surface area contributed by atoms with Gasteiger partial charge >= 0.3 is 0 Å². The van der Waals surface area contributed by atoms with Gasteiger partial charge in [0.25, 0.3) is 0 Å². The van der Waals surface area contributed by atoms with Crippen molar-refractivity contribution in [3.05, 3.63) is 28.4 Å². The molecule has 0 spiro atoms. The first-order chi connectivity index (χ1) is 13.9. The summed E-state index contributed by atoms with van der Waals surface area (Å²) in [5.74, 6) is 2.24. The van der Waals surface area contributed by atoms with E-state index in [0.717, 1.165) is 45.1 Å². The molecule has 0 aliphatic carbocycles. The minimum atomic E-state index is 0.117. The van der Waals surface area contributed by atoms with Gasteiger partial charge in [-0.3, -0.25) is 0 Å². The van der Waals surface area contributed by atoms with Crippen molar-refractivity contribution in [3.8, 4) is 22.6 Å². The summed E-state index contributed by atoms with van der Waals surface area (Å²) >= 11 is 7.93. The van der Waals surface area contributed by atoms with E-state index in [2.05, 4.69) is 35.6 Å². The third kappa shape index (κ3) is 3.74. The summed E-state index contributed by atoms with van der Waals surface area (Å²) in [7, 11) is 3.28. The number of hydrogen-bond donors (Lipinski definition) is 0. The van der Waals surface area contributed by atoms with Gasteiger partial charge < -0.3 is 19.1 Å². The fraction of sp³-hybridized carbons (Fsp3) is 0.429. The summed E-state index contributed by atoms with van der Waals surface area (Å²) in [5.41, 5.74) is 2.14. The van der Waals surface area contributed by atoms with Gasteiger partial charge in [0.05, 0.1) is 31.8 Å². The zero-order chi connectivity index (χ0) is 20.7. The van der Waals surface area contributed by atoms with E-state index in [1.54, 1.807) is 25.6 Å². The lowest BCUT2D eigenvalue weighted by Crippen LogP contribution is -2.46. The van der Waals surface area contributed by atoms with Crippen molar-refractivity contribution in [3.63, 3.8) is 0 Å². The van der Waals surface area contributed by atoms with Gasteiger partial charge in [0.1, 0.15) is 10.6 Å². The molecule has 4 rings (SSSR count). The van der Waals surface area contributed by atoms with E-state index >= 15 is 0 Å². The normalized spacial score (nSPS) is 19.6. The van der Waals surface area contributed by atoms with Crippen LogP contribution in [0.1, 0.15) is 18.7 Å². The molecule has 0 bridgehead atoms. The largest absolute Gasteiger partial charge is 0.493 e. The molecule has 1 aliphatic rings. The summed E-state index contributed by atoms with van der Waals surface area (Å²) in [6, 6.07) is 5.96. The molecule has 6 nitrogen and oxygen atoms in total. The van der Waals surface area contributed by atoms with Gasteiger partial charge in [-0.1, -0.05) is 6.07 Å². The highest BCUT2D eigenvalue weighted by atomic mass is 35.5. The standard InChI is InChI=1S/C21H24ClN3O3S/c1-11-9-25(10-12(2)28-11)19-18-17(13(3)29-20(18)24-21(22)23-19)14-6-7-15(26-4)16(8-14)27-5/h6-8,11-12H,9-10H2,1-5H3. The Morgan fingerprint density at radius 1 is 1.10 bits per heavy atom. The smallest absolute Gasteiger partial charge is 0.225 e. The van der Waals surface area contributed by atoms with Crippen molar-refractivity contribution >= 4 is 39.0 Å². The average molecular weight is 434 g/mol. The number of fused-ring (bicyclic) bond motifs is 1. The molecule has 29 heavy (non-hydrogen) atoms. The second-order valence-electron chi connectivity index (χ2n) is 7.26. The molecule has 3 aromatic rings. The number of aryl methyl sites for hydroxylation is 1. The molecule has 0 amide bonds. The van der Waals surface area contributed by atoms with Crippen molar-refractivity contribution in [2.24, 2.45) is 0 Å². The Kier molecular flexibility index (Phi) is 5.55. The van der Waals surface area contributed by atoms with E-state index in [9.17, 15) is 0 Å². The second kappa shape index (κ2) is 7.97. The molecule has 1 saturated heterocycles. The highest BCUT2D eigenvalue weighted by Gasteiger charge is 2.28. The van der Waals surface area contributed by atoms with E-state index in [4.69, 9.17) is 25.8 Å². The fourth-order valence-electron chi connectivity index (χ4n) is 3.99. The third-order valence-electron chi connectivity index (χ3n) is 5.07. The molecule has 1 aliphatic heterocycles. The quantitative estimate of drug-likeness (QED) is 0.542. The van der Waals surface area contributed by atoms with Crippen LogP contribution in [0.5, 0.6) is 11.5 Å². The number of morpholine rings is 1. The van der Waals surface area contributed by atoms with E-state index < -0.39 is 0 Å². The molecule has 2 aromatic heterocycles. The van der Waals surface area contributed by atoms with E-state index in [-0.39, 0.29) is 17.5 Å². The van der Waals surface area contributed by atoms with E-state index in [0.29, 0.717) is 11.5 Å². The van der Waals surface area contributed by atoms with Gasteiger partial charge in [0.15, 0.2) is 11.5 Å². The van der Waals surface area contributed by atoms with Crippen molar-refractivity contribution < 1.29 is 14.2 Å². The van der Waals surface area contributed by atoms with Crippen LogP contribution >= 0.6 is 22.9 Å². The number of halogens is 1.